The number of fused-ring (bicyclic) bond motifs is 1. The number of carbonyl (C=O) groups is 1. The molecule has 0 fully saturated rings. The molecule has 0 aromatic heterocycles. The maximum Gasteiger partial charge on any atom is 0.344 e. The number of carbonyl (C=O) groups excluding carboxylic acids is 1. The van der Waals surface area contributed by atoms with E-state index >= 15 is 0 Å². The Kier molecular flexibility index (Phi) is 6.14. The number of benzene rings is 2. The molecule has 1 aliphatic heterocycles. The van der Waals surface area contributed by atoms with Crippen molar-refractivity contribution in [3.8, 4) is 11.5 Å². The molecule has 156 valence electrons. The third-order valence-electron chi connectivity index (χ3n) is 4.92. The van der Waals surface area contributed by atoms with E-state index in [4.69, 9.17) is 9.47 Å². The van der Waals surface area contributed by atoms with Crippen molar-refractivity contribution in [2.45, 2.75) is 38.1 Å². The van der Waals surface area contributed by atoms with Crippen molar-refractivity contribution in [3.05, 3.63) is 53.1 Å². The van der Waals surface area contributed by atoms with E-state index in [0.717, 1.165) is 11.1 Å². The number of phenolic OH excluding ortho intramolecular Hbond substituents is 1. The zero-order chi connectivity index (χ0) is 21.2. The molecule has 0 aliphatic carbocycles. The Morgan fingerprint density at radius 2 is 2.00 bits per heavy atom. The molecule has 1 atom stereocenters. The van der Waals surface area contributed by atoms with Gasteiger partial charge in [-0.2, -0.15) is 4.31 Å². The normalized spacial score (nSPS) is 16.9. The molecule has 0 saturated carbocycles. The largest absolute Gasteiger partial charge is 0.508 e. The highest BCUT2D eigenvalue weighted by Gasteiger charge is 2.32. The van der Waals surface area contributed by atoms with Gasteiger partial charge in [0, 0.05) is 13.1 Å². The van der Waals surface area contributed by atoms with Crippen LogP contribution in [0.4, 0.5) is 0 Å². The van der Waals surface area contributed by atoms with Crippen LogP contribution in [0.15, 0.2) is 41.3 Å². The van der Waals surface area contributed by atoms with Gasteiger partial charge in [-0.15, -0.1) is 0 Å². The van der Waals surface area contributed by atoms with E-state index in [1.807, 2.05) is 13.0 Å². The molecule has 0 spiro atoms. The fraction of sp³-hybridized carbons (Fsp3) is 0.381. The second kappa shape index (κ2) is 8.42. The van der Waals surface area contributed by atoms with Crippen molar-refractivity contribution >= 4 is 16.0 Å². The highest BCUT2D eigenvalue weighted by Crippen LogP contribution is 2.34. The summed E-state index contributed by atoms with van der Waals surface area (Å²) in [5.41, 5.74) is 2.46. The molecular weight excluding hydrogens is 394 g/mol. The second-order valence-electron chi connectivity index (χ2n) is 7.10. The van der Waals surface area contributed by atoms with Gasteiger partial charge < -0.3 is 14.6 Å². The summed E-state index contributed by atoms with van der Waals surface area (Å²) in [6.07, 6.45) is 0. The minimum atomic E-state index is -3.73. The fourth-order valence-corrected chi connectivity index (χ4v) is 5.08. The fourth-order valence-electron chi connectivity index (χ4n) is 3.48. The number of phenols is 1. The molecule has 0 amide bonds. The van der Waals surface area contributed by atoms with Crippen LogP contribution in [-0.4, -0.2) is 43.6 Å². The Hall–Kier alpha value is -2.58. The highest BCUT2D eigenvalue weighted by molar-refractivity contribution is 7.89. The lowest BCUT2D eigenvalue weighted by atomic mass is 9.92. The molecule has 3 rings (SSSR count). The Balaban J connectivity index is 1.81. The molecule has 0 saturated heterocycles. The quantitative estimate of drug-likeness (QED) is 0.724. The van der Waals surface area contributed by atoms with Crippen molar-refractivity contribution in [1.82, 2.24) is 4.31 Å². The molecule has 2 aromatic carbocycles. The Morgan fingerprint density at radius 1 is 1.24 bits per heavy atom. The summed E-state index contributed by atoms with van der Waals surface area (Å²) in [5.74, 6) is 0.0867. The monoisotopic (exact) mass is 419 g/mol. The third kappa shape index (κ3) is 4.54. The molecule has 8 heteroatoms. The molecular formula is C21H25NO6S. The smallest absolute Gasteiger partial charge is 0.344 e. The molecule has 1 heterocycles. The van der Waals surface area contributed by atoms with E-state index in [0.29, 0.717) is 17.9 Å². The topological polar surface area (TPSA) is 93.1 Å². The van der Waals surface area contributed by atoms with Gasteiger partial charge in [-0.25, -0.2) is 13.2 Å². The van der Waals surface area contributed by atoms with Gasteiger partial charge in [0.2, 0.25) is 10.0 Å². The number of aryl methyl sites for hydroxylation is 1. The summed E-state index contributed by atoms with van der Waals surface area (Å²) >= 11 is 0. The summed E-state index contributed by atoms with van der Waals surface area (Å²) in [5, 5.41) is 9.76. The summed E-state index contributed by atoms with van der Waals surface area (Å²) in [6, 6.07) is 9.65. The molecule has 29 heavy (non-hydrogen) atoms. The first-order valence-corrected chi connectivity index (χ1v) is 10.9. The van der Waals surface area contributed by atoms with Crippen LogP contribution in [0.5, 0.6) is 11.5 Å². The van der Waals surface area contributed by atoms with E-state index < -0.39 is 16.0 Å². The van der Waals surface area contributed by atoms with Gasteiger partial charge in [-0.3, -0.25) is 0 Å². The van der Waals surface area contributed by atoms with Gasteiger partial charge in [0.25, 0.3) is 0 Å². The summed E-state index contributed by atoms with van der Waals surface area (Å²) in [7, 11) is -3.73. The predicted molar refractivity (Wildman–Crippen MR) is 107 cm³/mol. The number of aromatic hydroxyl groups is 1. The van der Waals surface area contributed by atoms with Crippen LogP contribution in [-0.2, 0) is 26.1 Å². The molecule has 7 nitrogen and oxygen atoms in total. The maximum atomic E-state index is 13.2. The van der Waals surface area contributed by atoms with Crippen molar-refractivity contribution in [2.75, 3.05) is 19.8 Å². The highest BCUT2D eigenvalue weighted by atomic mass is 32.2. The van der Waals surface area contributed by atoms with E-state index in [2.05, 4.69) is 0 Å². The first-order chi connectivity index (χ1) is 13.7. The average molecular weight is 419 g/mol. The zero-order valence-corrected chi connectivity index (χ0v) is 17.5. The summed E-state index contributed by atoms with van der Waals surface area (Å²) in [4.78, 5) is 11.6. The minimum absolute atomic E-state index is 0.0161. The van der Waals surface area contributed by atoms with Crippen molar-refractivity contribution < 1.29 is 27.8 Å². The van der Waals surface area contributed by atoms with Crippen LogP contribution >= 0.6 is 0 Å². The number of hydrogen-bond donors (Lipinski definition) is 1. The van der Waals surface area contributed by atoms with Gasteiger partial charge >= 0.3 is 5.97 Å². The number of esters is 1. The number of ether oxygens (including phenoxy) is 2. The number of sulfonamides is 1. The Labute approximate surface area is 170 Å². The Bertz CT molecular complexity index is 1020. The van der Waals surface area contributed by atoms with Crippen LogP contribution < -0.4 is 4.74 Å². The van der Waals surface area contributed by atoms with Gasteiger partial charge in [0.05, 0.1) is 11.5 Å². The molecule has 1 unspecified atom stereocenters. The van der Waals surface area contributed by atoms with Crippen LogP contribution in [0.1, 0.15) is 36.5 Å². The Morgan fingerprint density at radius 3 is 2.69 bits per heavy atom. The molecule has 0 radical (unpaired) electrons. The van der Waals surface area contributed by atoms with Crippen LogP contribution in [0, 0.1) is 6.92 Å². The van der Waals surface area contributed by atoms with Gasteiger partial charge in [0.1, 0.15) is 11.5 Å². The van der Waals surface area contributed by atoms with E-state index in [1.165, 1.54) is 10.4 Å². The number of rotatable bonds is 6. The van der Waals surface area contributed by atoms with Crippen molar-refractivity contribution in [2.24, 2.45) is 0 Å². The lowest BCUT2D eigenvalue weighted by Crippen LogP contribution is -2.37. The lowest BCUT2D eigenvalue weighted by Gasteiger charge is -2.32. The minimum Gasteiger partial charge on any atom is -0.508 e. The van der Waals surface area contributed by atoms with Crippen molar-refractivity contribution in [1.29, 1.82) is 0 Å². The van der Waals surface area contributed by atoms with Crippen LogP contribution in [0.3, 0.4) is 0 Å². The standard InChI is InChI=1S/C21H25NO6S/c1-4-27-21(24)13-28-20-8-6-18(9-14(20)2)29(25,26)22-11-15(3)19-7-5-17(23)10-16(19)12-22/h5-10,15,23H,4,11-13H2,1-3H3. The predicted octanol–water partition coefficient (Wildman–Crippen LogP) is 2.95. The zero-order valence-electron chi connectivity index (χ0n) is 16.7. The number of nitrogens with zero attached hydrogens (tertiary/aromatic N) is 1. The van der Waals surface area contributed by atoms with Gasteiger partial charge in [0.15, 0.2) is 6.61 Å². The van der Waals surface area contributed by atoms with Gasteiger partial charge in [-0.05, 0) is 66.8 Å². The second-order valence-corrected chi connectivity index (χ2v) is 9.04. The van der Waals surface area contributed by atoms with E-state index in [1.54, 1.807) is 38.1 Å². The summed E-state index contributed by atoms with van der Waals surface area (Å²) < 4.78 is 38.1. The first-order valence-electron chi connectivity index (χ1n) is 9.43. The van der Waals surface area contributed by atoms with E-state index in [9.17, 15) is 18.3 Å². The third-order valence-corrected chi connectivity index (χ3v) is 6.72. The molecule has 2 aromatic rings. The van der Waals surface area contributed by atoms with Gasteiger partial charge in [-0.1, -0.05) is 13.0 Å². The molecule has 0 bridgehead atoms. The average Bonchev–Trinajstić information content (AvgIpc) is 2.66. The first kappa shape index (κ1) is 21.1. The van der Waals surface area contributed by atoms with Crippen LogP contribution in [0.2, 0.25) is 0 Å². The maximum absolute atomic E-state index is 13.2. The SMILES string of the molecule is CCOC(=O)COc1ccc(S(=O)(=O)N2Cc3cc(O)ccc3C(C)C2)cc1C. The van der Waals surface area contributed by atoms with E-state index in [-0.39, 0.29) is 36.3 Å². The van der Waals surface area contributed by atoms with Crippen molar-refractivity contribution in [3.63, 3.8) is 0 Å². The molecule has 1 N–H and O–H groups in total. The molecule has 1 aliphatic rings. The lowest BCUT2D eigenvalue weighted by molar-refractivity contribution is -0.145. The number of hydrogen-bond acceptors (Lipinski definition) is 6. The summed E-state index contributed by atoms with van der Waals surface area (Å²) in [6.45, 7) is 6.01. The van der Waals surface area contributed by atoms with Crippen LogP contribution in [0.25, 0.3) is 0 Å².